The Kier molecular flexibility index (Phi) is 4.69. The van der Waals surface area contributed by atoms with Gasteiger partial charge in [-0.25, -0.2) is 0 Å². The van der Waals surface area contributed by atoms with Crippen LogP contribution < -0.4 is 5.73 Å². The fraction of sp³-hybridized carbons (Fsp3) is 0.368. The summed E-state index contributed by atoms with van der Waals surface area (Å²) in [7, 11) is 0. The van der Waals surface area contributed by atoms with Gasteiger partial charge in [0.15, 0.2) is 0 Å². The van der Waals surface area contributed by atoms with E-state index in [1.165, 1.54) is 35.1 Å². The zero-order valence-electron chi connectivity index (χ0n) is 12.4. The van der Waals surface area contributed by atoms with Gasteiger partial charge in [-0.2, -0.15) is 0 Å². The smallest absolute Gasteiger partial charge is 0.0832 e. The van der Waals surface area contributed by atoms with Crippen LogP contribution in [0.4, 0.5) is 0 Å². The van der Waals surface area contributed by atoms with E-state index in [4.69, 9.17) is 10.5 Å². The third kappa shape index (κ3) is 3.34. The Morgan fingerprint density at radius 2 is 1.76 bits per heavy atom. The van der Waals surface area contributed by atoms with Gasteiger partial charge < -0.3 is 10.5 Å². The molecule has 0 heterocycles. The van der Waals surface area contributed by atoms with Crippen LogP contribution in [0, 0.1) is 0 Å². The number of nitrogens with two attached hydrogens (primary N) is 1. The Bertz CT molecular complexity index is 594. The van der Waals surface area contributed by atoms with Crippen LogP contribution in [0.3, 0.4) is 0 Å². The highest BCUT2D eigenvalue weighted by Gasteiger charge is 2.20. The van der Waals surface area contributed by atoms with Gasteiger partial charge in [-0.3, -0.25) is 0 Å². The predicted molar refractivity (Wildman–Crippen MR) is 86.1 cm³/mol. The molecule has 0 aliphatic heterocycles. The topological polar surface area (TPSA) is 35.2 Å². The summed E-state index contributed by atoms with van der Waals surface area (Å²) in [6.07, 6.45) is 4.67. The van der Waals surface area contributed by atoms with Crippen molar-refractivity contribution in [3.8, 4) is 0 Å². The molecule has 0 spiro atoms. The maximum atomic E-state index is 6.24. The minimum atomic E-state index is 0.237. The first kappa shape index (κ1) is 14.3. The summed E-state index contributed by atoms with van der Waals surface area (Å²) in [6.45, 7) is 1.36. The maximum absolute atomic E-state index is 6.24. The lowest BCUT2D eigenvalue weighted by Crippen LogP contribution is -2.13. The molecule has 1 aliphatic carbocycles. The van der Waals surface area contributed by atoms with Gasteiger partial charge in [0, 0.05) is 0 Å². The van der Waals surface area contributed by atoms with Crippen molar-refractivity contribution in [2.24, 2.45) is 5.73 Å². The minimum Gasteiger partial charge on any atom is -0.369 e. The van der Waals surface area contributed by atoms with Crippen molar-refractivity contribution in [1.82, 2.24) is 0 Å². The quantitative estimate of drug-likeness (QED) is 0.905. The number of benzene rings is 2. The second kappa shape index (κ2) is 6.88. The summed E-state index contributed by atoms with van der Waals surface area (Å²) in [6, 6.07) is 17.1. The molecule has 0 bridgehead atoms. The molecule has 2 nitrogen and oxygen atoms in total. The molecule has 1 unspecified atom stereocenters. The van der Waals surface area contributed by atoms with Crippen LogP contribution in [0.1, 0.15) is 41.2 Å². The average Bonchev–Trinajstić information content (AvgIpc) is 2.54. The van der Waals surface area contributed by atoms with E-state index in [1.807, 2.05) is 0 Å². The molecular weight excluding hydrogens is 258 g/mol. The van der Waals surface area contributed by atoms with Crippen LogP contribution in [-0.2, 0) is 24.2 Å². The summed E-state index contributed by atoms with van der Waals surface area (Å²) in [5.41, 5.74) is 11.1. The van der Waals surface area contributed by atoms with Gasteiger partial charge in [-0.15, -0.1) is 0 Å². The van der Waals surface area contributed by atoms with Crippen LogP contribution in [0.2, 0.25) is 0 Å². The molecule has 2 aromatic rings. The third-order valence-corrected chi connectivity index (χ3v) is 4.29. The number of fused-ring (bicyclic) bond motifs is 1. The zero-order valence-corrected chi connectivity index (χ0v) is 12.4. The largest absolute Gasteiger partial charge is 0.369 e. The van der Waals surface area contributed by atoms with Crippen molar-refractivity contribution in [3.05, 3.63) is 70.8 Å². The van der Waals surface area contributed by atoms with Gasteiger partial charge in [0.25, 0.3) is 0 Å². The van der Waals surface area contributed by atoms with Gasteiger partial charge in [0.1, 0.15) is 0 Å². The number of hydrogen-bond acceptors (Lipinski definition) is 2. The van der Waals surface area contributed by atoms with E-state index in [0.29, 0.717) is 13.2 Å². The Labute approximate surface area is 126 Å². The van der Waals surface area contributed by atoms with Gasteiger partial charge >= 0.3 is 0 Å². The van der Waals surface area contributed by atoms with Crippen molar-refractivity contribution in [1.29, 1.82) is 0 Å². The molecule has 2 N–H and O–H groups in total. The van der Waals surface area contributed by atoms with Crippen molar-refractivity contribution < 1.29 is 4.74 Å². The van der Waals surface area contributed by atoms with Crippen molar-refractivity contribution in [2.45, 2.75) is 38.4 Å². The summed E-state index contributed by atoms with van der Waals surface area (Å²) in [5, 5.41) is 0. The van der Waals surface area contributed by atoms with E-state index in [-0.39, 0.29) is 6.10 Å². The standard InChI is InChI=1S/C19H23NO/c20-13-12-15-6-1-2-8-17(15)14-21-19-11-5-9-16-7-3-4-10-18(16)19/h1-4,6-8,10,19H,5,9,11-14,20H2. The van der Waals surface area contributed by atoms with Gasteiger partial charge in [-0.05, 0) is 54.5 Å². The molecule has 3 rings (SSSR count). The lowest BCUT2D eigenvalue weighted by atomic mass is 9.89. The number of rotatable bonds is 5. The monoisotopic (exact) mass is 281 g/mol. The zero-order chi connectivity index (χ0) is 14.5. The highest BCUT2D eigenvalue weighted by molar-refractivity contribution is 5.31. The van der Waals surface area contributed by atoms with Gasteiger partial charge in [0.05, 0.1) is 12.7 Å². The molecule has 0 aromatic heterocycles. The highest BCUT2D eigenvalue weighted by atomic mass is 16.5. The van der Waals surface area contributed by atoms with Gasteiger partial charge in [-0.1, -0.05) is 48.5 Å². The fourth-order valence-electron chi connectivity index (χ4n) is 3.17. The number of ether oxygens (including phenoxy) is 1. The minimum absolute atomic E-state index is 0.237. The first-order chi connectivity index (χ1) is 10.4. The van der Waals surface area contributed by atoms with E-state index in [0.717, 1.165) is 12.8 Å². The second-order valence-electron chi connectivity index (χ2n) is 5.70. The summed E-state index contributed by atoms with van der Waals surface area (Å²) < 4.78 is 6.24. The van der Waals surface area contributed by atoms with Crippen molar-refractivity contribution in [2.75, 3.05) is 6.54 Å². The van der Waals surface area contributed by atoms with E-state index < -0.39 is 0 Å². The Morgan fingerprint density at radius 3 is 2.62 bits per heavy atom. The van der Waals surface area contributed by atoms with Gasteiger partial charge in [0.2, 0.25) is 0 Å². The molecule has 0 saturated carbocycles. The molecule has 2 aromatic carbocycles. The molecule has 0 amide bonds. The summed E-state index contributed by atoms with van der Waals surface area (Å²) >= 11 is 0. The van der Waals surface area contributed by atoms with E-state index in [1.54, 1.807) is 0 Å². The van der Waals surface area contributed by atoms with Crippen molar-refractivity contribution in [3.63, 3.8) is 0 Å². The van der Waals surface area contributed by atoms with Crippen molar-refractivity contribution >= 4 is 0 Å². The lowest BCUT2D eigenvalue weighted by molar-refractivity contribution is 0.0279. The first-order valence-corrected chi connectivity index (χ1v) is 7.84. The van der Waals surface area contributed by atoms with E-state index >= 15 is 0 Å². The second-order valence-corrected chi connectivity index (χ2v) is 5.70. The Morgan fingerprint density at radius 1 is 1.00 bits per heavy atom. The summed E-state index contributed by atoms with van der Waals surface area (Å²) in [5.74, 6) is 0. The number of aryl methyl sites for hydroxylation is 1. The maximum Gasteiger partial charge on any atom is 0.0832 e. The Hall–Kier alpha value is -1.64. The van der Waals surface area contributed by atoms with Crippen LogP contribution in [0.5, 0.6) is 0 Å². The summed E-state index contributed by atoms with van der Waals surface area (Å²) in [4.78, 5) is 0. The van der Waals surface area contributed by atoms with Crippen LogP contribution in [0.15, 0.2) is 48.5 Å². The van der Waals surface area contributed by atoms with E-state index in [9.17, 15) is 0 Å². The normalized spacial score (nSPS) is 17.5. The molecule has 0 radical (unpaired) electrons. The molecule has 110 valence electrons. The fourth-order valence-corrected chi connectivity index (χ4v) is 3.17. The van der Waals surface area contributed by atoms with Crippen LogP contribution in [-0.4, -0.2) is 6.54 Å². The van der Waals surface area contributed by atoms with E-state index in [2.05, 4.69) is 48.5 Å². The van der Waals surface area contributed by atoms with Crippen LogP contribution >= 0.6 is 0 Å². The average molecular weight is 281 g/mol. The molecule has 0 fully saturated rings. The molecular formula is C19H23NO. The lowest BCUT2D eigenvalue weighted by Gasteiger charge is -2.26. The predicted octanol–water partition coefficient (Wildman–Crippen LogP) is 3.78. The third-order valence-electron chi connectivity index (χ3n) is 4.29. The highest BCUT2D eigenvalue weighted by Crippen LogP contribution is 2.33. The van der Waals surface area contributed by atoms with Crippen LogP contribution in [0.25, 0.3) is 0 Å². The molecule has 0 saturated heterocycles. The molecule has 1 atom stereocenters. The first-order valence-electron chi connectivity index (χ1n) is 7.84. The Balaban J connectivity index is 1.72. The molecule has 2 heteroatoms. The molecule has 21 heavy (non-hydrogen) atoms. The number of hydrogen-bond donors (Lipinski definition) is 1. The SMILES string of the molecule is NCCc1ccccc1COC1CCCc2ccccc21. The molecule has 1 aliphatic rings.